The van der Waals surface area contributed by atoms with E-state index in [0.29, 0.717) is 13.1 Å². The van der Waals surface area contributed by atoms with E-state index in [1.807, 2.05) is 30.3 Å². The summed E-state index contributed by atoms with van der Waals surface area (Å²) in [6, 6.07) is 12.7. The van der Waals surface area contributed by atoms with Crippen LogP contribution < -0.4 is 16.1 Å². The maximum absolute atomic E-state index is 12.1. The van der Waals surface area contributed by atoms with Gasteiger partial charge in [-0.05, 0) is 23.7 Å². The number of non-ortho nitro benzene ring substituents is 1. The molecule has 0 aliphatic heterocycles. The highest BCUT2D eigenvalue weighted by molar-refractivity contribution is 6.58. The molecule has 0 heterocycles. The maximum atomic E-state index is 12.1. The SMILES string of the molecule is O=C(NCCNc1ccccc1)c1cc(B(O)O)cc([N+](=O)[O-])c1. The molecule has 0 saturated carbocycles. The van der Waals surface area contributed by atoms with Crippen LogP contribution in [0.3, 0.4) is 0 Å². The number of hydrogen-bond acceptors (Lipinski definition) is 6. The van der Waals surface area contributed by atoms with Crippen LogP contribution in [0.25, 0.3) is 0 Å². The summed E-state index contributed by atoms with van der Waals surface area (Å²) in [5.41, 5.74) is 0.407. The van der Waals surface area contributed by atoms with Crippen LogP contribution in [0, 0.1) is 10.1 Å². The monoisotopic (exact) mass is 329 g/mol. The molecular formula is C15H16BN3O5. The molecule has 0 unspecified atom stereocenters. The molecule has 1 amide bonds. The Morgan fingerprint density at radius 2 is 1.83 bits per heavy atom. The third kappa shape index (κ3) is 4.80. The zero-order valence-electron chi connectivity index (χ0n) is 12.7. The first-order valence-electron chi connectivity index (χ1n) is 7.20. The van der Waals surface area contributed by atoms with Gasteiger partial charge in [-0.1, -0.05) is 18.2 Å². The number of nitro benzene ring substituents is 1. The van der Waals surface area contributed by atoms with Crippen LogP contribution in [-0.2, 0) is 0 Å². The molecule has 0 radical (unpaired) electrons. The van der Waals surface area contributed by atoms with Crippen molar-refractivity contribution in [1.29, 1.82) is 0 Å². The van der Waals surface area contributed by atoms with Crippen molar-refractivity contribution in [3.8, 4) is 0 Å². The molecule has 2 rings (SSSR count). The van der Waals surface area contributed by atoms with E-state index in [4.69, 9.17) is 10.0 Å². The summed E-state index contributed by atoms with van der Waals surface area (Å²) in [5.74, 6) is -0.532. The normalized spacial score (nSPS) is 10.1. The molecule has 0 aliphatic carbocycles. The highest BCUT2D eigenvalue weighted by atomic mass is 16.6. The quantitative estimate of drug-likeness (QED) is 0.247. The van der Waals surface area contributed by atoms with Crippen molar-refractivity contribution in [2.75, 3.05) is 18.4 Å². The van der Waals surface area contributed by atoms with Crippen molar-refractivity contribution in [2.24, 2.45) is 0 Å². The topological polar surface area (TPSA) is 125 Å². The summed E-state index contributed by atoms with van der Waals surface area (Å²) >= 11 is 0. The lowest BCUT2D eigenvalue weighted by Gasteiger charge is -2.09. The molecule has 0 aliphatic rings. The Morgan fingerprint density at radius 3 is 2.46 bits per heavy atom. The summed E-state index contributed by atoms with van der Waals surface area (Å²) in [6.45, 7) is 0.771. The Balaban J connectivity index is 1.97. The maximum Gasteiger partial charge on any atom is 0.488 e. The smallest absolute Gasteiger partial charge is 0.423 e. The minimum atomic E-state index is -1.89. The molecule has 8 nitrogen and oxygen atoms in total. The minimum absolute atomic E-state index is 0.00740. The summed E-state index contributed by atoms with van der Waals surface area (Å²) in [4.78, 5) is 22.3. The average molecular weight is 329 g/mol. The van der Waals surface area contributed by atoms with Gasteiger partial charge < -0.3 is 20.7 Å². The second-order valence-electron chi connectivity index (χ2n) is 4.99. The van der Waals surface area contributed by atoms with Crippen molar-refractivity contribution in [2.45, 2.75) is 0 Å². The van der Waals surface area contributed by atoms with Crippen LogP contribution in [-0.4, -0.2) is 41.1 Å². The Bertz CT molecular complexity index is 724. The van der Waals surface area contributed by atoms with Crippen LogP contribution in [0.5, 0.6) is 0 Å². The zero-order valence-corrected chi connectivity index (χ0v) is 12.7. The molecule has 2 aromatic carbocycles. The number of anilines is 1. The van der Waals surface area contributed by atoms with Crippen molar-refractivity contribution in [3.05, 3.63) is 64.2 Å². The predicted molar refractivity (Wildman–Crippen MR) is 90.2 cm³/mol. The fraction of sp³-hybridized carbons (Fsp3) is 0.133. The molecule has 0 atom stereocenters. The molecule has 0 bridgehead atoms. The van der Waals surface area contributed by atoms with Gasteiger partial charge in [0.1, 0.15) is 0 Å². The van der Waals surface area contributed by atoms with E-state index in [1.54, 1.807) is 0 Å². The lowest BCUT2D eigenvalue weighted by molar-refractivity contribution is -0.384. The Kier molecular flexibility index (Phi) is 5.88. The van der Waals surface area contributed by atoms with Crippen molar-refractivity contribution >= 4 is 29.9 Å². The van der Waals surface area contributed by atoms with Gasteiger partial charge in [-0.3, -0.25) is 14.9 Å². The van der Waals surface area contributed by atoms with Gasteiger partial charge in [0.15, 0.2) is 0 Å². The molecule has 2 aromatic rings. The largest absolute Gasteiger partial charge is 0.488 e. The van der Waals surface area contributed by atoms with Gasteiger partial charge in [-0.2, -0.15) is 0 Å². The van der Waals surface area contributed by atoms with Gasteiger partial charge in [0.2, 0.25) is 0 Å². The zero-order chi connectivity index (χ0) is 17.5. The summed E-state index contributed by atoms with van der Waals surface area (Å²) in [6.07, 6.45) is 0. The number of nitrogens with one attached hydrogen (secondary N) is 2. The molecule has 124 valence electrons. The Labute approximate surface area is 138 Å². The number of rotatable bonds is 7. The number of nitrogens with zero attached hydrogens (tertiary/aromatic N) is 1. The van der Waals surface area contributed by atoms with Gasteiger partial charge in [0.25, 0.3) is 11.6 Å². The molecule has 9 heteroatoms. The fourth-order valence-corrected chi connectivity index (χ4v) is 2.06. The molecule has 0 spiro atoms. The Morgan fingerprint density at radius 1 is 1.12 bits per heavy atom. The molecule has 24 heavy (non-hydrogen) atoms. The lowest BCUT2D eigenvalue weighted by atomic mass is 9.79. The van der Waals surface area contributed by atoms with Gasteiger partial charge >= 0.3 is 7.12 Å². The van der Waals surface area contributed by atoms with E-state index in [1.165, 1.54) is 6.07 Å². The molecule has 0 fully saturated rings. The van der Waals surface area contributed by atoms with Gasteiger partial charge in [-0.15, -0.1) is 0 Å². The van der Waals surface area contributed by atoms with Crippen LogP contribution >= 0.6 is 0 Å². The van der Waals surface area contributed by atoms with Crippen LogP contribution in [0.15, 0.2) is 48.5 Å². The standard InChI is InChI=1S/C15H16BN3O5/c20-15(18-7-6-17-13-4-2-1-3-5-13)11-8-12(16(21)22)10-14(9-11)19(23)24/h1-5,8-10,17,21-22H,6-7H2,(H,18,20). The van der Waals surface area contributed by atoms with Gasteiger partial charge in [0, 0.05) is 36.5 Å². The first-order valence-corrected chi connectivity index (χ1v) is 7.20. The molecule has 0 saturated heterocycles. The van der Waals surface area contributed by atoms with E-state index in [-0.39, 0.29) is 16.7 Å². The second-order valence-corrected chi connectivity index (χ2v) is 4.99. The summed E-state index contributed by atoms with van der Waals surface area (Å²) < 4.78 is 0. The Hall–Kier alpha value is -2.91. The van der Waals surface area contributed by atoms with Crippen LogP contribution in [0.4, 0.5) is 11.4 Å². The number of carbonyl (C=O) groups excluding carboxylic acids is 1. The lowest BCUT2D eigenvalue weighted by Crippen LogP contribution is -2.33. The van der Waals surface area contributed by atoms with Gasteiger partial charge in [-0.25, -0.2) is 0 Å². The van der Waals surface area contributed by atoms with Crippen molar-refractivity contribution < 1.29 is 19.8 Å². The third-order valence-electron chi connectivity index (χ3n) is 3.22. The number of carbonyl (C=O) groups is 1. The van der Waals surface area contributed by atoms with E-state index in [2.05, 4.69) is 10.6 Å². The number of hydrogen-bond donors (Lipinski definition) is 4. The number of nitro groups is 1. The first kappa shape index (κ1) is 17.4. The summed E-state index contributed by atoms with van der Waals surface area (Å²) in [5, 5.41) is 34.9. The average Bonchev–Trinajstić information content (AvgIpc) is 2.59. The highest BCUT2D eigenvalue weighted by Gasteiger charge is 2.20. The highest BCUT2D eigenvalue weighted by Crippen LogP contribution is 2.12. The van der Waals surface area contributed by atoms with Crippen molar-refractivity contribution in [3.63, 3.8) is 0 Å². The predicted octanol–water partition coefficient (Wildman–Crippen LogP) is 0.116. The summed E-state index contributed by atoms with van der Waals surface area (Å²) in [7, 11) is -1.89. The molecule has 4 N–H and O–H groups in total. The number of amides is 1. The van der Waals surface area contributed by atoms with E-state index in [0.717, 1.165) is 17.8 Å². The van der Waals surface area contributed by atoms with E-state index < -0.39 is 17.9 Å². The van der Waals surface area contributed by atoms with Crippen LogP contribution in [0.1, 0.15) is 10.4 Å². The fourth-order valence-electron chi connectivity index (χ4n) is 2.06. The number of benzene rings is 2. The van der Waals surface area contributed by atoms with Crippen molar-refractivity contribution in [1.82, 2.24) is 5.32 Å². The van der Waals surface area contributed by atoms with E-state index in [9.17, 15) is 14.9 Å². The van der Waals surface area contributed by atoms with Gasteiger partial charge in [0.05, 0.1) is 4.92 Å². The number of para-hydroxylation sites is 1. The van der Waals surface area contributed by atoms with E-state index >= 15 is 0 Å². The van der Waals surface area contributed by atoms with Crippen LogP contribution in [0.2, 0.25) is 0 Å². The molecular weight excluding hydrogens is 313 g/mol. The minimum Gasteiger partial charge on any atom is -0.423 e. The third-order valence-corrected chi connectivity index (χ3v) is 3.22. The molecule has 0 aromatic heterocycles. The first-order chi connectivity index (χ1) is 11.5. The second kappa shape index (κ2) is 8.09.